The van der Waals surface area contributed by atoms with E-state index in [1.807, 2.05) is 0 Å². The van der Waals surface area contributed by atoms with Crippen molar-refractivity contribution < 1.29 is 0 Å². The molecule has 0 N–H and O–H groups in total. The number of hydrogen-bond acceptors (Lipinski definition) is 0. The lowest BCUT2D eigenvalue weighted by Crippen LogP contribution is -2.13. The second-order valence-corrected chi connectivity index (χ2v) is 13.7. The van der Waals surface area contributed by atoms with Crippen molar-refractivity contribution in [3.05, 3.63) is 0 Å². The fraction of sp³-hybridized carbons (Fsp3) is 1.00. The lowest BCUT2D eigenvalue weighted by atomic mass is 10.1. The molecule has 0 rings (SSSR count). The third kappa shape index (κ3) is 17.0. The summed E-state index contributed by atoms with van der Waals surface area (Å²) in [5.74, 6) is 0. The molecule has 0 atom stereocenters. The average molecular weight is 400 g/mol. The lowest BCUT2D eigenvalue weighted by Gasteiger charge is -2.38. The third-order valence-electron chi connectivity index (χ3n) is 6.44. The van der Waals surface area contributed by atoms with Gasteiger partial charge in [-0.05, 0) is 50.3 Å². The van der Waals surface area contributed by atoms with Gasteiger partial charge < -0.3 is 0 Å². The highest BCUT2D eigenvalue weighted by Gasteiger charge is 2.25. The first-order valence-corrected chi connectivity index (χ1v) is 15.6. The highest BCUT2D eigenvalue weighted by Crippen LogP contribution is 2.61. The van der Waals surface area contributed by atoms with Gasteiger partial charge in [-0.25, -0.2) is 0 Å². The number of unbranched alkanes of at least 4 members (excludes halogenated alkanes) is 14. The lowest BCUT2D eigenvalue weighted by molar-refractivity contribution is 0.623. The van der Waals surface area contributed by atoms with Crippen LogP contribution in [0, 0.1) is 0 Å². The summed E-state index contributed by atoms with van der Waals surface area (Å²) in [5, 5.41) is 0. The van der Waals surface area contributed by atoms with Crippen LogP contribution in [0.3, 0.4) is 0 Å². The molecule has 0 amide bonds. The Labute approximate surface area is 175 Å². The molecule has 0 spiro atoms. The highest BCUT2D eigenvalue weighted by molar-refractivity contribution is 7.75. The zero-order valence-corrected chi connectivity index (χ0v) is 20.9. The first-order chi connectivity index (χ1) is 13.2. The minimum Gasteiger partial charge on any atom is -0.125 e. The Hall–Kier alpha value is 0.430. The summed E-state index contributed by atoms with van der Waals surface area (Å²) in [6.07, 6.45) is 33.1. The van der Waals surface area contributed by atoms with Crippen molar-refractivity contribution in [3.63, 3.8) is 0 Å². The Morgan fingerprint density at radius 3 is 0.815 bits per heavy atom. The predicted molar refractivity (Wildman–Crippen MR) is 132 cm³/mol. The Balaban J connectivity index is 4.61. The first-order valence-electron chi connectivity index (χ1n) is 13.1. The number of rotatable bonds is 22. The van der Waals surface area contributed by atoms with Crippen LogP contribution < -0.4 is 0 Å². The molecule has 0 aromatic heterocycles. The van der Waals surface area contributed by atoms with Gasteiger partial charge in [-0.2, -0.15) is 0 Å². The topological polar surface area (TPSA) is 0 Å². The summed E-state index contributed by atoms with van der Waals surface area (Å²) in [4.78, 5) is 0. The third-order valence-corrected chi connectivity index (χ3v) is 11.5. The zero-order chi connectivity index (χ0) is 20.1. The fourth-order valence-electron chi connectivity index (χ4n) is 4.52. The molecule has 0 saturated heterocycles. The first kappa shape index (κ1) is 27.4. The molecule has 0 aromatic carbocycles. The molecule has 0 saturated carbocycles. The summed E-state index contributed by atoms with van der Waals surface area (Å²) in [6.45, 7) is 9.40. The van der Waals surface area contributed by atoms with E-state index in [1.54, 1.807) is 50.3 Å². The smallest absolute Gasteiger partial charge is 0.0359 e. The molecule has 0 unspecified atom stereocenters. The van der Waals surface area contributed by atoms with E-state index in [0.717, 1.165) is 0 Å². The van der Waals surface area contributed by atoms with Gasteiger partial charge in [-0.3, -0.25) is 0 Å². The van der Waals surface area contributed by atoms with Crippen LogP contribution in [0.15, 0.2) is 0 Å². The average Bonchev–Trinajstić information content (AvgIpc) is 2.68. The van der Waals surface area contributed by atoms with Crippen LogP contribution in [0.5, 0.6) is 0 Å². The predicted octanol–water partition coefficient (Wildman–Crippen LogP) is 10.1. The van der Waals surface area contributed by atoms with E-state index in [0.29, 0.717) is 0 Å². The second kappa shape index (κ2) is 21.1. The minimum atomic E-state index is -0.672. The molecule has 1 radical (unpaired) electrons. The second-order valence-electron chi connectivity index (χ2n) is 9.19. The molecule has 0 nitrogen and oxygen atoms in total. The maximum Gasteiger partial charge on any atom is -0.0359 e. The Morgan fingerprint density at radius 1 is 0.296 bits per heavy atom. The van der Waals surface area contributed by atoms with Crippen molar-refractivity contribution in [2.45, 2.75) is 143 Å². The van der Waals surface area contributed by atoms with E-state index in [9.17, 15) is 0 Å². The molecule has 1 heteroatoms. The van der Waals surface area contributed by atoms with Crippen molar-refractivity contribution in [2.75, 3.05) is 24.6 Å². The Bertz CT molecular complexity index is 242. The highest BCUT2D eigenvalue weighted by atomic mass is 31.2. The monoisotopic (exact) mass is 399 g/mol. The molecular formula is C26H56P. The Morgan fingerprint density at radius 2 is 0.519 bits per heavy atom. The van der Waals surface area contributed by atoms with Crippen molar-refractivity contribution in [2.24, 2.45) is 0 Å². The van der Waals surface area contributed by atoms with Crippen molar-refractivity contribution in [1.82, 2.24) is 0 Å². The minimum absolute atomic E-state index is 0.672. The summed E-state index contributed by atoms with van der Waals surface area (Å²) in [6, 6.07) is 0. The van der Waals surface area contributed by atoms with Gasteiger partial charge in [0.05, 0.1) is 0 Å². The van der Waals surface area contributed by atoms with E-state index in [1.165, 1.54) is 89.9 Å². The summed E-state index contributed by atoms with van der Waals surface area (Å²) >= 11 is 0. The van der Waals surface area contributed by atoms with Gasteiger partial charge in [0.25, 0.3) is 0 Å². The molecule has 0 fully saturated rings. The van der Waals surface area contributed by atoms with Gasteiger partial charge in [0.2, 0.25) is 0 Å². The van der Waals surface area contributed by atoms with Crippen molar-refractivity contribution >= 4 is 7.26 Å². The zero-order valence-electron chi connectivity index (χ0n) is 20.0. The fourth-order valence-corrected chi connectivity index (χ4v) is 9.44. The molecule has 27 heavy (non-hydrogen) atoms. The molecule has 165 valence electrons. The van der Waals surface area contributed by atoms with Gasteiger partial charge in [-0.1, -0.05) is 118 Å². The van der Waals surface area contributed by atoms with Gasteiger partial charge >= 0.3 is 0 Å². The molecule has 0 aromatic rings. The normalized spacial score (nSPS) is 12.0. The molecular weight excluding hydrogens is 343 g/mol. The maximum atomic E-state index is 2.36. The van der Waals surface area contributed by atoms with E-state index in [4.69, 9.17) is 0 Å². The molecule has 0 aliphatic heterocycles. The molecule has 0 aliphatic carbocycles. The van der Waals surface area contributed by atoms with Crippen LogP contribution in [-0.2, 0) is 0 Å². The van der Waals surface area contributed by atoms with Crippen LogP contribution >= 0.6 is 7.26 Å². The van der Waals surface area contributed by atoms with Crippen LogP contribution in [0.1, 0.15) is 143 Å². The van der Waals surface area contributed by atoms with E-state index in [2.05, 4.69) is 27.7 Å². The summed E-state index contributed by atoms with van der Waals surface area (Å²) in [7, 11) is -0.672. The largest absolute Gasteiger partial charge is 0.125 e. The van der Waals surface area contributed by atoms with Crippen LogP contribution in [-0.4, -0.2) is 24.6 Å². The van der Waals surface area contributed by atoms with E-state index >= 15 is 0 Å². The van der Waals surface area contributed by atoms with Crippen molar-refractivity contribution in [3.8, 4) is 0 Å². The van der Waals surface area contributed by atoms with Crippen LogP contribution in [0.4, 0.5) is 0 Å². The number of hydrogen-bond donors (Lipinski definition) is 0. The van der Waals surface area contributed by atoms with E-state index in [-0.39, 0.29) is 0 Å². The molecule has 0 aliphatic rings. The molecule has 0 heterocycles. The summed E-state index contributed by atoms with van der Waals surface area (Å²) in [5.41, 5.74) is 0. The SMILES string of the molecule is CCCCCCCC[P](CCCCCC)(CCCCCC)CCCCCC. The van der Waals surface area contributed by atoms with Gasteiger partial charge in [0.15, 0.2) is 0 Å². The van der Waals surface area contributed by atoms with Crippen molar-refractivity contribution in [1.29, 1.82) is 0 Å². The van der Waals surface area contributed by atoms with Gasteiger partial charge in [-0.15, -0.1) is 7.26 Å². The van der Waals surface area contributed by atoms with E-state index < -0.39 is 7.26 Å². The quantitative estimate of drug-likeness (QED) is 0.125. The summed E-state index contributed by atoms with van der Waals surface area (Å²) < 4.78 is 0. The van der Waals surface area contributed by atoms with Crippen LogP contribution in [0.2, 0.25) is 0 Å². The Kier molecular flexibility index (Phi) is 21.5. The van der Waals surface area contributed by atoms with Gasteiger partial charge in [0, 0.05) is 0 Å². The maximum absolute atomic E-state index is 2.36. The molecule has 0 bridgehead atoms. The van der Waals surface area contributed by atoms with Crippen LogP contribution in [0.25, 0.3) is 0 Å². The standard InChI is InChI=1S/C26H56P/c1-5-9-13-17-18-22-26-27(23-19-14-10-6-2,24-20-15-11-7-3)25-21-16-12-8-4/h5-26H2,1-4H3. The van der Waals surface area contributed by atoms with Gasteiger partial charge in [0.1, 0.15) is 0 Å².